The second-order valence-corrected chi connectivity index (χ2v) is 8.79. The highest BCUT2D eigenvalue weighted by atomic mass is 32.2. The fourth-order valence-corrected chi connectivity index (χ4v) is 4.52. The van der Waals surface area contributed by atoms with E-state index < -0.39 is 10.0 Å². The highest BCUT2D eigenvalue weighted by Crippen LogP contribution is 2.18. The zero-order valence-corrected chi connectivity index (χ0v) is 16.5. The van der Waals surface area contributed by atoms with Crippen molar-refractivity contribution in [1.29, 1.82) is 0 Å². The predicted molar refractivity (Wildman–Crippen MR) is 106 cm³/mol. The van der Waals surface area contributed by atoms with Crippen molar-refractivity contribution < 1.29 is 13.2 Å². The van der Waals surface area contributed by atoms with Gasteiger partial charge in [0.1, 0.15) is 0 Å². The molecule has 6 nitrogen and oxygen atoms in total. The number of aryl methyl sites for hydroxylation is 2. The molecule has 1 aliphatic heterocycles. The maximum Gasteiger partial charge on any atom is 0.243 e. The van der Waals surface area contributed by atoms with E-state index in [1.54, 1.807) is 24.3 Å². The summed E-state index contributed by atoms with van der Waals surface area (Å²) in [5, 5.41) is 2.92. The molecule has 0 spiro atoms. The number of piperazine rings is 1. The number of anilines is 1. The Kier molecular flexibility index (Phi) is 5.94. The van der Waals surface area contributed by atoms with Crippen LogP contribution < -0.4 is 5.32 Å². The molecule has 0 saturated carbocycles. The third kappa shape index (κ3) is 4.74. The van der Waals surface area contributed by atoms with Gasteiger partial charge >= 0.3 is 0 Å². The fourth-order valence-electron chi connectivity index (χ4n) is 3.09. The van der Waals surface area contributed by atoms with Crippen molar-refractivity contribution in [2.45, 2.75) is 18.7 Å². The number of rotatable bonds is 5. The molecule has 0 aliphatic carbocycles. The normalized spacial score (nSPS) is 16.2. The first kappa shape index (κ1) is 19.5. The van der Waals surface area contributed by atoms with Gasteiger partial charge in [-0.05, 0) is 37.6 Å². The molecule has 0 aromatic heterocycles. The van der Waals surface area contributed by atoms with Crippen LogP contribution in [-0.2, 0) is 14.8 Å². The van der Waals surface area contributed by atoms with Crippen LogP contribution in [0.15, 0.2) is 53.4 Å². The second-order valence-electron chi connectivity index (χ2n) is 6.86. The van der Waals surface area contributed by atoms with Crippen molar-refractivity contribution in [2.75, 3.05) is 38.0 Å². The van der Waals surface area contributed by atoms with E-state index in [9.17, 15) is 13.2 Å². The summed E-state index contributed by atoms with van der Waals surface area (Å²) < 4.78 is 27.0. The lowest BCUT2D eigenvalue weighted by Gasteiger charge is -2.33. The van der Waals surface area contributed by atoms with Gasteiger partial charge in [-0.2, -0.15) is 4.31 Å². The Labute approximate surface area is 160 Å². The van der Waals surface area contributed by atoms with Crippen molar-refractivity contribution in [2.24, 2.45) is 0 Å². The molecule has 1 saturated heterocycles. The van der Waals surface area contributed by atoms with E-state index in [1.165, 1.54) is 4.31 Å². The van der Waals surface area contributed by atoms with Crippen LogP contribution in [0.1, 0.15) is 11.1 Å². The lowest BCUT2D eigenvalue weighted by Crippen LogP contribution is -2.50. The van der Waals surface area contributed by atoms with E-state index in [4.69, 9.17) is 0 Å². The van der Waals surface area contributed by atoms with Gasteiger partial charge in [-0.3, -0.25) is 9.69 Å². The van der Waals surface area contributed by atoms with Crippen LogP contribution in [0.3, 0.4) is 0 Å². The number of hydrogen-bond donors (Lipinski definition) is 1. The SMILES string of the molecule is Cc1ccc(S(=O)(=O)N2CCN(CC(=O)Nc3ccccc3C)CC2)cc1. The van der Waals surface area contributed by atoms with Crippen molar-refractivity contribution in [3.8, 4) is 0 Å². The summed E-state index contributed by atoms with van der Waals surface area (Å²) in [5.74, 6) is -0.0841. The number of para-hydroxylation sites is 1. The zero-order chi connectivity index (χ0) is 19.4. The van der Waals surface area contributed by atoms with Crippen molar-refractivity contribution in [3.05, 3.63) is 59.7 Å². The minimum Gasteiger partial charge on any atom is -0.325 e. The number of hydrogen-bond acceptors (Lipinski definition) is 4. The van der Waals surface area contributed by atoms with Gasteiger partial charge in [0, 0.05) is 31.9 Å². The first-order valence-corrected chi connectivity index (χ1v) is 10.4. The summed E-state index contributed by atoms with van der Waals surface area (Å²) in [6.07, 6.45) is 0. The predicted octanol–water partition coefficient (Wildman–Crippen LogP) is 2.25. The molecule has 2 aromatic rings. The number of carbonyl (C=O) groups is 1. The van der Waals surface area contributed by atoms with Gasteiger partial charge in [-0.25, -0.2) is 8.42 Å². The monoisotopic (exact) mass is 387 g/mol. The van der Waals surface area contributed by atoms with Gasteiger partial charge in [-0.1, -0.05) is 35.9 Å². The molecule has 0 radical (unpaired) electrons. The molecule has 0 atom stereocenters. The number of nitrogens with zero attached hydrogens (tertiary/aromatic N) is 2. The summed E-state index contributed by atoms with van der Waals surface area (Å²) >= 11 is 0. The number of sulfonamides is 1. The first-order valence-electron chi connectivity index (χ1n) is 9.01. The van der Waals surface area contributed by atoms with Crippen molar-refractivity contribution >= 4 is 21.6 Å². The Morgan fingerprint density at radius 3 is 2.22 bits per heavy atom. The quantitative estimate of drug-likeness (QED) is 0.854. The lowest BCUT2D eigenvalue weighted by molar-refractivity contribution is -0.117. The van der Waals surface area contributed by atoms with E-state index in [1.807, 2.05) is 43.0 Å². The van der Waals surface area contributed by atoms with Crippen LogP contribution in [0.2, 0.25) is 0 Å². The van der Waals surface area contributed by atoms with E-state index >= 15 is 0 Å². The molecule has 1 amide bonds. The van der Waals surface area contributed by atoms with E-state index in [0.717, 1.165) is 16.8 Å². The average molecular weight is 388 g/mol. The van der Waals surface area contributed by atoms with Gasteiger partial charge in [-0.15, -0.1) is 0 Å². The summed E-state index contributed by atoms with van der Waals surface area (Å²) in [6, 6.07) is 14.5. The molecule has 1 aliphatic rings. The average Bonchev–Trinajstić information content (AvgIpc) is 2.64. The molecule has 7 heteroatoms. The molecule has 144 valence electrons. The minimum atomic E-state index is -3.48. The minimum absolute atomic E-state index is 0.0841. The first-order chi connectivity index (χ1) is 12.9. The molecule has 3 rings (SSSR count). The largest absolute Gasteiger partial charge is 0.325 e. The molecule has 27 heavy (non-hydrogen) atoms. The standard InChI is InChI=1S/C20H25N3O3S/c1-16-7-9-18(10-8-16)27(25,26)23-13-11-22(12-14-23)15-20(24)21-19-6-4-3-5-17(19)2/h3-10H,11-15H2,1-2H3,(H,21,24). The summed E-state index contributed by atoms with van der Waals surface area (Å²) in [6.45, 7) is 5.97. The molecule has 0 bridgehead atoms. The van der Waals surface area contributed by atoms with Gasteiger partial charge in [0.15, 0.2) is 0 Å². The second kappa shape index (κ2) is 8.21. The van der Waals surface area contributed by atoms with Gasteiger partial charge in [0.25, 0.3) is 0 Å². The Bertz CT molecular complexity index is 902. The molecular weight excluding hydrogens is 362 g/mol. The van der Waals surface area contributed by atoms with Crippen molar-refractivity contribution in [3.63, 3.8) is 0 Å². The number of benzene rings is 2. The van der Waals surface area contributed by atoms with Crippen LogP contribution in [0.25, 0.3) is 0 Å². The van der Waals surface area contributed by atoms with Gasteiger partial charge < -0.3 is 5.32 Å². The van der Waals surface area contributed by atoms with Crippen LogP contribution in [0, 0.1) is 13.8 Å². The van der Waals surface area contributed by atoms with E-state index in [0.29, 0.717) is 31.1 Å². The third-order valence-electron chi connectivity index (χ3n) is 4.78. The third-order valence-corrected chi connectivity index (χ3v) is 6.69. The smallest absolute Gasteiger partial charge is 0.243 e. The summed E-state index contributed by atoms with van der Waals surface area (Å²) in [5.41, 5.74) is 2.85. The molecular formula is C20H25N3O3S. The number of nitrogens with one attached hydrogen (secondary N) is 1. The summed E-state index contributed by atoms with van der Waals surface area (Å²) in [7, 11) is -3.48. The maximum atomic E-state index is 12.7. The Morgan fingerprint density at radius 2 is 1.59 bits per heavy atom. The van der Waals surface area contributed by atoms with Gasteiger partial charge in [0.05, 0.1) is 11.4 Å². The topological polar surface area (TPSA) is 69.7 Å². The fraction of sp³-hybridized carbons (Fsp3) is 0.350. The van der Waals surface area contributed by atoms with Gasteiger partial charge in [0.2, 0.25) is 15.9 Å². The number of carbonyl (C=O) groups excluding carboxylic acids is 1. The highest BCUT2D eigenvalue weighted by molar-refractivity contribution is 7.89. The Morgan fingerprint density at radius 1 is 0.963 bits per heavy atom. The van der Waals surface area contributed by atoms with E-state index in [2.05, 4.69) is 5.32 Å². The number of amides is 1. The zero-order valence-electron chi connectivity index (χ0n) is 15.7. The molecule has 0 unspecified atom stereocenters. The molecule has 1 N–H and O–H groups in total. The molecule has 2 aromatic carbocycles. The van der Waals surface area contributed by atoms with Crippen LogP contribution in [-0.4, -0.2) is 56.3 Å². The van der Waals surface area contributed by atoms with E-state index in [-0.39, 0.29) is 12.5 Å². The Balaban J connectivity index is 1.55. The molecule has 1 fully saturated rings. The van der Waals surface area contributed by atoms with Crippen LogP contribution >= 0.6 is 0 Å². The Hall–Kier alpha value is -2.22. The molecule has 1 heterocycles. The summed E-state index contributed by atoms with van der Waals surface area (Å²) in [4.78, 5) is 14.6. The maximum absolute atomic E-state index is 12.7. The van der Waals surface area contributed by atoms with Crippen LogP contribution in [0.4, 0.5) is 5.69 Å². The van der Waals surface area contributed by atoms with Crippen molar-refractivity contribution in [1.82, 2.24) is 9.21 Å². The highest BCUT2D eigenvalue weighted by Gasteiger charge is 2.29. The van der Waals surface area contributed by atoms with Crippen LogP contribution in [0.5, 0.6) is 0 Å². The lowest BCUT2D eigenvalue weighted by atomic mass is 10.2.